The van der Waals surface area contributed by atoms with Crippen molar-refractivity contribution in [2.24, 2.45) is 7.05 Å². The number of nitrogens with one attached hydrogen (secondary N) is 1. The molecule has 0 aliphatic heterocycles. The van der Waals surface area contributed by atoms with Crippen LogP contribution in [0.1, 0.15) is 16.7 Å². The number of hydrogen-bond donors (Lipinski definition) is 1. The van der Waals surface area contributed by atoms with Gasteiger partial charge in [0.15, 0.2) is 0 Å². The summed E-state index contributed by atoms with van der Waals surface area (Å²) in [5.74, 6) is 0. The third-order valence-electron chi connectivity index (χ3n) is 2.67. The minimum absolute atomic E-state index is 0.925. The van der Waals surface area contributed by atoms with E-state index in [1.165, 1.54) is 16.7 Å². The van der Waals surface area contributed by atoms with Crippen LogP contribution in [0.5, 0.6) is 0 Å². The van der Waals surface area contributed by atoms with E-state index in [1.54, 1.807) is 0 Å². The first-order valence-corrected chi connectivity index (χ1v) is 5.61. The van der Waals surface area contributed by atoms with E-state index in [4.69, 9.17) is 0 Å². The van der Waals surface area contributed by atoms with Gasteiger partial charge in [-0.1, -0.05) is 29.8 Å². The highest BCUT2D eigenvalue weighted by Crippen LogP contribution is 2.04. The van der Waals surface area contributed by atoms with Crippen molar-refractivity contribution >= 4 is 0 Å². The highest BCUT2D eigenvalue weighted by molar-refractivity contribution is 5.21. The molecule has 0 atom stereocenters. The molecule has 0 amide bonds. The van der Waals surface area contributed by atoms with Crippen molar-refractivity contribution in [3.05, 3.63) is 59.4 Å². The Kier molecular flexibility index (Phi) is 3.42. The maximum absolute atomic E-state index is 3.44. The molecule has 0 aliphatic carbocycles. The minimum Gasteiger partial charge on any atom is -0.357 e. The van der Waals surface area contributed by atoms with Crippen LogP contribution in [-0.4, -0.2) is 4.57 Å². The Morgan fingerprint density at radius 3 is 2.31 bits per heavy atom. The molecule has 0 spiro atoms. The molecule has 2 aromatic rings. The van der Waals surface area contributed by atoms with Crippen LogP contribution in [0.3, 0.4) is 0 Å². The number of aryl methyl sites for hydroxylation is 2. The molecular formula is C14H18N2. The first-order valence-electron chi connectivity index (χ1n) is 5.61. The number of hydrogen-bond acceptors (Lipinski definition) is 1. The number of nitrogens with zero attached hydrogens (tertiary/aromatic N) is 1. The van der Waals surface area contributed by atoms with Crippen LogP contribution < -0.4 is 5.32 Å². The molecule has 1 aromatic heterocycles. The van der Waals surface area contributed by atoms with Gasteiger partial charge in [-0.05, 0) is 24.1 Å². The Bertz CT molecular complexity index is 440. The van der Waals surface area contributed by atoms with Crippen LogP contribution in [0, 0.1) is 6.92 Å². The second-order valence-corrected chi connectivity index (χ2v) is 4.27. The van der Waals surface area contributed by atoms with E-state index < -0.39 is 0 Å². The number of aromatic nitrogens is 1. The maximum atomic E-state index is 3.44. The van der Waals surface area contributed by atoms with Crippen molar-refractivity contribution in [3.8, 4) is 0 Å². The molecule has 0 fully saturated rings. The van der Waals surface area contributed by atoms with E-state index in [0.717, 1.165) is 13.1 Å². The van der Waals surface area contributed by atoms with Gasteiger partial charge in [-0.15, -0.1) is 0 Å². The average Bonchev–Trinajstić information content (AvgIpc) is 2.67. The van der Waals surface area contributed by atoms with Gasteiger partial charge in [0.05, 0.1) is 0 Å². The van der Waals surface area contributed by atoms with E-state index in [-0.39, 0.29) is 0 Å². The van der Waals surface area contributed by atoms with Crippen molar-refractivity contribution in [2.45, 2.75) is 20.0 Å². The van der Waals surface area contributed by atoms with Crippen molar-refractivity contribution < 1.29 is 0 Å². The third kappa shape index (κ3) is 2.97. The lowest BCUT2D eigenvalue weighted by atomic mass is 10.1. The summed E-state index contributed by atoms with van der Waals surface area (Å²) in [7, 11) is 2.05. The lowest BCUT2D eigenvalue weighted by Gasteiger charge is -2.04. The van der Waals surface area contributed by atoms with Gasteiger partial charge in [0.25, 0.3) is 0 Å². The molecule has 1 heterocycles. The topological polar surface area (TPSA) is 17.0 Å². The quantitative estimate of drug-likeness (QED) is 0.828. The molecule has 0 saturated carbocycles. The fourth-order valence-electron chi connectivity index (χ4n) is 1.72. The van der Waals surface area contributed by atoms with Crippen LogP contribution in [-0.2, 0) is 20.1 Å². The average molecular weight is 214 g/mol. The van der Waals surface area contributed by atoms with E-state index in [9.17, 15) is 0 Å². The molecular weight excluding hydrogens is 196 g/mol. The van der Waals surface area contributed by atoms with Crippen molar-refractivity contribution in [1.82, 2.24) is 9.88 Å². The standard InChI is InChI=1S/C14H18N2/c1-12-3-5-13(6-4-12)9-15-10-14-7-8-16(2)11-14/h3-8,11,15H,9-10H2,1-2H3. The molecule has 0 saturated heterocycles. The Balaban J connectivity index is 1.82. The molecule has 1 aromatic carbocycles. The van der Waals surface area contributed by atoms with Gasteiger partial charge in [0.2, 0.25) is 0 Å². The molecule has 0 aliphatic rings. The van der Waals surface area contributed by atoms with E-state index in [0.29, 0.717) is 0 Å². The van der Waals surface area contributed by atoms with Gasteiger partial charge in [-0.2, -0.15) is 0 Å². The molecule has 16 heavy (non-hydrogen) atoms. The SMILES string of the molecule is Cc1ccc(CNCc2ccn(C)c2)cc1. The second-order valence-electron chi connectivity index (χ2n) is 4.27. The van der Waals surface area contributed by atoms with Crippen molar-refractivity contribution in [2.75, 3.05) is 0 Å². The maximum Gasteiger partial charge on any atom is 0.0223 e. The van der Waals surface area contributed by atoms with Crippen LogP contribution in [0.2, 0.25) is 0 Å². The minimum atomic E-state index is 0.925. The molecule has 2 heteroatoms. The van der Waals surface area contributed by atoms with Crippen molar-refractivity contribution in [3.63, 3.8) is 0 Å². The monoisotopic (exact) mass is 214 g/mol. The third-order valence-corrected chi connectivity index (χ3v) is 2.67. The molecule has 0 radical (unpaired) electrons. The second kappa shape index (κ2) is 4.99. The van der Waals surface area contributed by atoms with Crippen LogP contribution in [0.4, 0.5) is 0 Å². The smallest absolute Gasteiger partial charge is 0.0223 e. The Labute approximate surface area is 96.9 Å². The summed E-state index contributed by atoms with van der Waals surface area (Å²) < 4.78 is 2.07. The molecule has 2 rings (SSSR count). The normalized spacial score (nSPS) is 10.6. The van der Waals surface area contributed by atoms with Gasteiger partial charge in [0, 0.05) is 32.5 Å². The van der Waals surface area contributed by atoms with E-state index in [2.05, 4.69) is 59.5 Å². The fraction of sp³-hybridized carbons (Fsp3) is 0.286. The Morgan fingerprint density at radius 1 is 1.00 bits per heavy atom. The number of rotatable bonds is 4. The zero-order valence-electron chi connectivity index (χ0n) is 9.90. The molecule has 2 nitrogen and oxygen atoms in total. The highest BCUT2D eigenvalue weighted by atomic mass is 14.9. The van der Waals surface area contributed by atoms with Gasteiger partial charge in [0.1, 0.15) is 0 Å². The number of benzene rings is 1. The van der Waals surface area contributed by atoms with Crippen LogP contribution in [0.25, 0.3) is 0 Å². The summed E-state index contributed by atoms with van der Waals surface area (Å²) in [5, 5.41) is 3.44. The molecule has 1 N–H and O–H groups in total. The predicted molar refractivity (Wildman–Crippen MR) is 67.1 cm³/mol. The van der Waals surface area contributed by atoms with Gasteiger partial charge in [-0.3, -0.25) is 0 Å². The predicted octanol–water partition coefficient (Wildman–Crippen LogP) is 2.62. The highest BCUT2D eigenvalue weighted by Gasteiger charge is 1.95. The van der Waals surface area contributed by atoms with Crippen LogP contribution >= 0.6 is 0 Å². The zero-order chi connectivity index (χ0) is 11.4. The lowest BCUT2D eigenvalue weighted by molar-refractivity contribution is 0.692. The summed E-state index contributed by atoms with van der Waals surface area (Å²) >= 11 is 0. The summed E-state index contributed by atoms with van der Waals surface area (Å²) in [6.45, 7) is 3.96. The van der Waals surface area contributed by atoms with Crippen molar-refractivity contribution in [1.29, 1.82) is 0 Å². The first-order chi connectivity index (χ1) is 7.74. The molecule has 0 unspecified atom stereocenters. The Morgan fingerprint density at radius 2 is 1.69 bits per heavy atom. The van der Waals surface area contributed by atoms with Gasteiger partial charge in [-0.25, -0.2) is 0 Å². The first kappa shape index (κ1) is 11.0. The van der Waals surface area contributed by atoms with Gasteiger partial charge < -0.3 is 9.88 Å². The summed E-state index contributed by atoms with van der Waals surface area (Å²) in [6.07, 6.45) is 4.21. The summed E-state index contributed by atoms with van der Waals surface area (Å²) in [5.41, 5.74) is 3.97. The largest absolute Gasteiger partial charge is 0.357 e. The van der Waals surface area contributed by atoms with E-state index in [1.807, 2.05) is 7.05 Å². The van der Waals surface area contributed by atoms with Crippen LogP contribution in [0.15, 0.2) is 42.7 Å². The fourth-order valence-corrected chi connectivity index (χ4v) is 1.72. The lowest BCUT2D eigenvalue weighted by Crippen LogP contribution is -2.12. The zero-order valence-corrected chi connectivity index (χ0v) is 9.90. The molecule has 0 bridgehead atoms. The molecule has 84 valence electrons. The van der Waals surface area contributed by atoms with E-state index >= 15 is 0 Å². The summed E-state index contributed by atoms with van der Waals surface area (Å²) in [6, 6.07) is 10.8. The Hall–Kier alpha value is -1.54. The van der Waals surface area contributed by atoms with Gasteiger partial charge >= 0.3 is 0 Å². The summed E-state index contributed by atoms with van der Waals surface area (Å²) in [4.78, 5) is 0.